The van der Waals surface area contributed by atoms with Gasteiger partial charge < -0.3 is 10.0 Å². The second-order valence-electron chi connectivity index (χ2n) is 3.27. The quantitative estimate of drug-likeness (QED) is 0.808. The fourth-order valence-electron chi connectivity index (χ4n) is 1.11. The van der Waals surface area contributed by atoms with E-state index in [1.807, 2.05) is 0 Å². The molecule has 0 spiro atoms. The molecule has 1 aromatic rings. The van der Waals surface area contributed by atoms with Crippen molar-refractivity contribution >= 4 is 30.1 Å². The molecule has 0 atom stereocenters. The van der Waals surface area contributed by atoms with Gasteiger partial charge in [-0.25, -0.2) is 9.38 Å². The first-order valence-electron chi connectivity index (χ1n) is 4.83. The predicted molar refractivity (Wildman–Crippen MR) is 63.0 cm³/mol. The molecule has 1 aliphatic heterocycles. The third-order valence-corrected chi connectivity index (χ3v) is 2.46. The van der Waals surface area contributed by atoms with E-state index in [4.69, 9.17) is 0 Å². The lowest BCUT2D eigenvalue weighted by atomic mass is 10.4. The Hall–Kier alpha value is -2.10. The highest BCUT2D eigenvalue weighted by Gasteiger charge is 2.33. The van der Waals surface area contributed by atoms with Gasteiger partial charge in [0.05, 0.1) is 24.5 Å². The van der Waals surface area contributed by atoms with Crippen molar-refractivity contribution in [2.75, 3.05) is 5.32 Å². The van der Waals surface area contributed by atoms with Gasteiger partial charge in [-0.15, -0.1) is 0 Å². The van der Waals surface area contributed by atoms with Gasteiger partial charge in [-0.05, 0) is 6.08 Å². The number of anilines is 1. The molecular formula is C9H6F3N5OS. The van der Waals surface area contributed by atoms with Crippen LogP contribution in [0.15, 0.2) is 28.6 Å². The van der Waals surface area contributed by atoms with E-state index in [1.54, 1.807) is 0 Å². The number of nitrogens with one attached hydrogen (secondary N) is 2. The summed E-state index contributed by atoms with van der Waals surface area (Å²) in [4.78, 5) is 18.3. The highest BCUT2D eigenvalue weighted by atomic mass is 32.2. The zero-order chi connectivity index (χ0) is 13.9. The van der Waals surface area contributed by atoms with Crippen LogP contribution in [0.4, 0.5) is 19.0 Å². The number of rotatable bonds is 2. The summed E-state index contributed by atoms with van der Waals surface area (Å²) in [6.45, 7) is 0. The van der Waals surface area contributed by atoms with Crippen molar-refractivity contribution in [3.63, 3.8) is 0 Å². The number of allylic oxidation sites excluding steroid dienone is 1. The molecule has 0 bridgehead atoms. The van der Waals surface area contributed by atoms with Crippen molar-refractivity contribution in [1.29, 1.82) is 0 Å². The molecule has 2 rings (SSSR count). The monoisotopic (exact) mass is 289 g/mol. The first-order chi connectivity index (χ1) is 8.97. The molecule has 6 nitrogen and oxygen atoms in total. The molecule has 10 heteroatoms. The first kappa shape index (κ1) is 13.3. The number of hydrogen-bond donors (Lipinski definition) is 2. The van der Waals surface area contributed by atoms with Gasteiger partial charge in [0.25, 0.3) is 5.91 Å². The molecule has 0 radical (unpaired) electrons. The molecule has 19 heavy (non-hydrogen) atoms. The predicted octanol–water partition coefficient (Wildman–Crippen LogP) is 1.55. The number of nitrogens with zero attached hydrogens (tertiary/aromatic N) is 3. The number of alkyl halides is 3. The summed E-state index contributed by atoms with van der Waals surface area (Å²) >= 11 is 0.924. The summed E-state index contributed by atoms with van der Waals surface area (Å²) in [6.07, 6.45) is -0.243. The van der Waals surface area contributed by atoms with E-state index in [1.165, 1.54) is 12.3 Å². The highest BCUT2D eigenvalue weighted by molar-refractivity contribution is 7.96. The Balaban J connectivity index is 2.13. The van der Waals surface area contributed by atoms with E-state index in [-0.39, 0.29) is 11.5 Å². The van der Waals surface area contributed by atoms with Crippen molar-refractivity contribution in [3.8, 4) is 0 Å². The Morgan fingerprint density at radius 2 is 2.16 bits per heavy atom. The molecule has 0 unspecified atom stereocenters. The van der Waals surface area contributed by atoms with Crippen molar-refractivity contribution in [2.45, 2.75) is 6.18 Å². The lowest BCUT2D eigenvalue weighted by Gasteiger charge is -2.11. The van der Waals surface area contributed by atoms with Crippen molar-refractivity contribution in [2.24, 2.45) is 4.40 Å². The number of amides is 1. The Labute approximate surface area is 109 Å². The molecule has 1 amide bonds. The summed E-state index contributed by atoms with van der Waals surface area (Å²) < 4.78 is 43.5. The maximum Gasteiger partial charge on any atom is 0.434 e. The lowest BCUT2D eigenvalue weighted by Crippen LogP contribution is -2.24. The van der Waals surface area contributed by atoms with E-state index in [0.717, 1.165) is 18.3 Å². The summed E-state index contributed by atoms with van der Waals surface area (Å²) in [5, 5.41) is 2.21. The van der Waals surface area contributed by atoms with Crippen LogP contribution < -0.4 is 10.0 Å². The number of hydrogen-bond acceptors (Lipinski definition) is 6. The van der Waals surface area contributed by atoms with Crippen LogP contribution in [0, 0.1) is 0 Å². The maximum absolute atomic E-state index is 12.4. The van der Waals surface area contributed by atoms with Crippen LogP contribution in [0.2, 0.25) is 0 Å². The zero-order valence-electron chi connectivity index (χ0n) is 9.10. The van der Waals surface area contributed by atoms with E-state index < -0.39 is 17.8 Å². The van der Waals surface area contributed by atoms with Gasteiger partial charge in [-0.1, -0.05) is 0 Å². The van der Waals surface area contributed by atoms with Crippen LogP contribution >= 0.6 is 12.1 Å². The van der Waals surface area contributed by atoms with Crippen LogP contribution in [0.3, 0.4) is 0 Å². The lowest BCUT2D eigenvalue weighted by molar-refractivity contribution is -0.141. The average molecular weight is 289 g/mol. The minimum absolute atomic E-state index is 0.152. The Morgan fingerprint density at radius 1 is 1.37 bits per heavy atom. The number of aromatic nitrogens is 2. The Kier molecular flexibility index (Phi) is 3.69. The van der Waals surface area contributed by atoms with Gasteiger partial charge in [0.2, 0.25) is 0 Å². The first-order valence-corrected chi connectivity index (χ1v) is 5.60. The van der Waals surface area contributed by atoms with Crippen molar-refractivity contribution in [1.82, 2.24) is 14.7 Å². The Morgan fingerprint density at radius 3 is 2.79 bits per heavy atom. The van der Waals surface area contributed by atoms with Crippen molar-refractivity contribution in [3.05, 3.63) is 29.9 Å². The zero-order valence-corrected chi connectivity index (χ0v) is 9.92. The van der Waals surface area contributed by atoms with Crippen LogP contribution in [0.1, 0.15) is 5.69 Å². The molecule has 0 aromatic carbocycles. The van der Waals surface area contributed by atoms with Gasteiger partial charge >= 0.3 is 6.18 Å². The van der Waals surface area contributed by atoms with E-state index in [0.29, 0.717) is 6.20 Å². The van der Waals surface area contributed by atoms with Gasteiger partial charge in [-0.2, -0.15) is 13.2 Å². The number of halogens is 3. The van der Waals surface area contributed by atoms with E-state index >= 15 is 0 Å². The molecule has 2 N–H and O–H groups in total. The maximum atomic E-state index is 12.4. The largest absolute Gasteiger partial charge is 0.434 e. The molecule has 100 valence electrons. The normalized spacial score (nSPS) is 14.6. The summed E-state index contributed by atoms with van der Waals surface area (Å²) in [5.74, 6) is -0.915. The summed E-state index contributed by atoms with van der Waals surface area (Å²) in [6, 6.07) is 0. The minimum Gasteiger partial charge on any atom is -0.306 e. The number of carbonyl (C=O) groups excluding carboxylic acids is 1. The molecule has 1 aromatic heterocycles. The fourth-order valence-corrected chi connectivity index (χ4v) is 1.55. The SMILES string of the molecule is O=C(Nc1cncc(C(F)(F)F)n1)C1=CC=NSN1. The van der Waals surface area contributed by atoms with Gasteiger partial charge in [0.1, 0.15) is 5.70 Å². The summed E-state index contributed by atoms with van der Waals surface area (Å²) in [5.41, 5.74) is -1.02. The van der Waals surface area contributed by atoms with Gasteiger partial charge in [0, 0.05) is 6.21 Å². The second-order valence-corrected chi connectivity index (χ2v) is 3.87. The standard InChI is InChI=1S/C9H6F3N5OS/c10-9(11,12)6-3-13-4-7(15-6)16-8(18)5-1-2-14-19-17-5/h1-4,17H,(H,15,16,18). The topological polar surface area (TPSA) is 79.3 Å². The van der Waals surface area contributed by atoms with Gasteiger partial charge in [-0.3, -0.25) is 9.78 Å². The fraction of sp³-hybridized carbons (Fsp3) is 0.111. The van der Waals surface area contributed by atoms with Crippen LogP contribution in [0.5, 0.6) is 0 Å². The minimum atomic E-state index is -4.61. The molecular weight excluding hydrogens is 283 g/mol. The van der Waals surface area contributed by atoms with Crippen molar-refractivity contribution < 1.29 is 18.0 Å². The molecule has 1 aliphatic rings. The van der Waals surface area contributed by atoms with E-state index in [2.05, 4.69) is 24.4 Å². The van der Waals surface area contributed by atoms with Gasteiger partial charge in [0.15, 0.2) is 11.5 Å². The molecule has 0 fully saturated rings. The third-order valence-electron chi connectivity index (χ3n) is 1.92. The molecule has 0 aliphatic carbocycles. The molecule has 0 saturated heterocycles. The molecule has 0 saturated carbocycles. The highest BCUT2D eigenvalue weighted by Crippen LogP contribution is 2.27. The molecule has 2 heterocycles. The average Bonchev–Trinajstić information content (AvgIpc) is 2.39. The number of carbonyl (C=O) groups is 1. The van der Waals surface area contributed by atoms with Crippen LogP contribution in [0.25, 0.3) is 0 Å². The smallest absolute Gasteiger partial charge is 0.306 e. The summed E-state index contributed by atoms with van der Waals surface area (Å²) in [7, 11) is 0. The second kappa shape index (κ2) is 5.26. The van der Waals surface area contributed by atoms with Crippen LogP contribution in [-0.4, -0.2) is 22.1 Å². The Bertz CT molecular complexity index is 557. The van der Waals surface area contributed by atoms with E-state index in [9.17, 15) is 18.0 Å². The third kappa shape index (κ3) is 3.44. The van der Waals surface area contributed by atoms with Crippen LogP contribution in [-0.2, 0) is 11.0 Å².